The molecule has 0 saturated heterocycles. The van der Waals surface area contributed by atoms with Gasteiger partial charge in [-0.1, -0.05) is 18.2 Å². The summed E-state index contributed by atoms with van der Waals surface area (Å²) in [6.07, 6.45) is 5.25. The number of hydrogen-bond donors (Lipinski definition) is 1. The SMILES string of the molecule is Cc1c(C(=O)Oc2cccnc2)oc2c1/C(=N/NC(=O)c1ccccc1)CCC2. The standard InChI is InChI=1S/C22H19N3O4/c1-14-19-17(24-25-21(26)15-7-3-2-4-8-15)10-5-11-18(19)29-20(14)22(27)28-16-9-6-12-23-13-16/h2-4,6-9,12-13H,5,10-11H2,1H3,(H,25,26)/b24-17+. The highest BCUT2D eigenvalue weighted by atomic mass is 16.5. The average Bonchev–Trinajstić information content (AvgIpc) is 3.10. The number of carbonyl (C=O) groups excluding carboxylic acids is 2. The van der Waals surface area contributed by atoms with E-state index in [1.807, 2.05) is 6.07 Å². The third kappa shape index (κ3) is 3.94. The van der Waals surface area contributed by atoms with Gasteiger partial charge in [0, 0.05) is 29.3 Å². The molecule has 1 N–H and O–H groups in total. The Kier molecular flexibility index (Phi) is 5.20. The van der Waals surface area contributed by atoms with E-state index in [9.17, 15) is 9.59 Å². The molecule has 0 unspecified atom stereocenters. The van der Waals surface area contributed by atoms with Gasteiger partial charge in [-0.15, -0.1) is 0 Å². The molecule has 146 valence electrons. The molecule has 0 saturated carbocycles. The summed E-state index contributed by atoms with van der Waals surface area (Å²) in [5.74, 6) is 0.290. The van der Waals surface area contributed by atoms with Gasteiger partial charge in [-0.3, -0.25) is 9.78 Å². The van der Waals surface area contributed by atoms with E-state index in [2.05, 4.69) is 15.5 Å². The summed E-state index contributed by atoms with van der Waals surface area (Å²) in [4.78, 5) is 28.8. The number of aromatic nitrogens is 1. The maximum Gasteiger partial charge on any atom is 0.379 e. The number of nitrogens with zero attached hydrogens (tertiary/aromatic N) is 2. The predicted octanol–water partition coefficient (Wildman–Crippen LogP) is 3.67. The number of furan rings is 1. The van der Waals surface area contributed by atoms with Crippen molar-refractivity contribution in [1.29, 1.82) is 0 Å². The number of aryl methyl sites for hydroxylation is 1. The van der Waals surface area contributed by atoms with Crippen LogP contribution >= 0.6 is 0 Å². The monoisotopic (exact) mass is 389 g/mol. The number of hydrogen-bond acceptors (Lipinski definition) is 6. The summed E-state index contributed by atoms with van der Waals surface area (Å²) in [6.45, 7) is 1.79. The zero-order chi connectivity index (χ0) is 20.2. The van der Waals surface area contributed by atoms with Crippen LogP contribution in [0.5, 0.6) is 5.75 Å². The van der Waals surface area contributed by atoms with E-state index in [-0.39, 0.29) is 11.7 Å². The second-order valence-electron chi connectivity index (χ2n) is 6.65. The molecule has 1 aliphatic rings. The van der Waals surface area contributed by atoms with Crippen LogP contribution in [0.25, 0.3) is 0 Å². The van der Waals surface area contributed by atoms with Crippen LogP contribution in [-0.4, -0.2) is 22.6 Å². The highest BCUT2D eigenvalue weighted by Crippen LogP contribution is 2.30. The maximum atomic E-state index is 12.6. The van der Waals surface area contributed by atoms with Gasteiger partial charge < -0.3 is 9.15 Å². The quantitative estimate of drug-likeness (QED) is 0.543. The second kappa shape index (κ2) is 8.10. The largest absolute Gasteiger partial charge is 0.453 e. The summed E-state index contributed by atoms with van der Waals surface area (Å²) in [5.41, 5.74) is 5.24. The lowest BCUT2D eigenvalue weighted by Crippen LogP contribution is -2.22. The first-order valence-corrected chi connectivity index (χ1v) is 9.30. The fraction of sp³-hybridized carbons (Fsp3) is 0.182. The molecular formula is C22H19N3O4. The highest BCUT2D eigenvalue weighted by molar-refractivity contribution is 6.06. The van der Waals surface area contributed by atoms with Crippen molar-refractivity contribution in [2.45, 2.75) is 26.2 Å². The van der Waals surface area contributed by atoms with E-state index in [0.717, 1.165) is 12.0 Å². The highest BCUT2D eigenvalue weighted by Gasteiger charge is 2.29. The third-order valence-corrected chi connectivity index (χ3v) is 4.68. The minimum absolute atomic E-state index is 0.142. The van der Waals surface area contributed by atoms with E-state index >= 15 is 0 Å². The van der Waals surface area contributed by atoms with E-state index in [0.29, 0.717) is 41.2 Å². The molecule has 0 atom stereocenters. The first-order valence-electron chi connectivity index (χ1n) is 9.30. The number of amides is 1. The Labute approximate surface area is 167 Å². The summed E-state index contributed by atoms with van der Waals surface area (Å²) in [7, 11) is 0. The van der Waals surface area contributed by atoms with Crippen LogP contribution in [0.15, 0.2) is 64.4 Å². The molecule has 1 amide bonds. The van der Waals surface area contributed by atoms with Crippen LogP contribution in [0, 0.1) is 6.92 Å². The van der Waals surface area contributed by atoms with Gasteiger partial charge in [-0.05, 0) is 44.0 Å². The Morgan fingerprint density at radius 2 is 1.97 bits per heavy atom. The number of esters is 1. The van der Waals surface area contributed by atoms with Gasteiger partial charge >= 0.3 is 5.97 Å². The molecule has 4 rings (SSSR count). The predicted molar refractivity (Wildman–Crippen MR) is 106 cm³/mol. The number of fused-ring (bicyclic) bond motifs is 1. The molecular weight excluding hydrogens is 370 g/mol. The van der Waals surface area contributed by atoms with Crippen molar-refractivity contribution in [3.8, 4) is 5.75 Å². The Hall–Kier alpha value is -3.74. The van der Waals surface area contributed by atoms with Gasteiger partial charge in [-0.2, -0.15) is 5.10 Å². The van der Waals surface area contributed by atoms with Crippen LogP contribution in [-0.2, 0) is 6.42 Å². The van der Waals surface area contributed by atoms with Gasteiger partial charge in [0.05, 0.1) is 11.9 Å². The minimum Gasteiger partial charge on any atom is -0.453 e. The summed E-state index contributed by atoms with van der Waals surface area (Å²) in [6, 6.07) is 12.2. The lowest BCUT2D eigenvalue weighted by molar-refractivity contribution is 0.0697. The maximum absolute atomic E-state index is 12.6. The number of rotatable bonds is 4. The Bertz CT molecular complexity index is 1070. The molecule has 7 heteroatoms. The van der Waals surface area contributed by atoms with Crippen molar-refractivity contribution in [1.82, 2.24) is 10.4 Å². The molecule has 2 heterocycles. The van der Waals surface area contributed by atoms with Crippen LogP contribution in [0.3, 0.4) is 0 Å². The van der Waals surface area contributed by atoms with Crippen LogP contribution in [0.1, 0.15) is 50.6 Å². The van der Waals surface area contributed by atoms with Crippen molar-refractivity contribution in [3.63, 3.8) is 0 Å². The number of benzene rings is 1. The van der Waals surface area contributed by atoms with E-state index in [1.165, 1.54) is 6.20 Å². The molecule has 0 aliphatic heterocycles. The van der Waals surface area contributed by atoms with Gasteiger partial charge in [0.2, 0.25) is 5.76 Å². The first-order chi connectivity index (χ1) is 14.1. The van der Waals surface area contributed by atoms with Crippen molar-refractivity contribution in [2.24, 2.45) is 5.10 Å². The third-order valence-electron chi connectivity index (χ3n) is 4.68. The normalized spacial score (nSPS) is 14.3. The Morgan fingerprint density at radius 3 is 2.72 bits per heavy atom. The summed E-state index contributed by atoms with van der Waals surface area (Å²) >= 11 is 0. The smallest absolute Gasteiger partial charge is 0.379 e. The van der Waals surface area contributed by atoms with Crippen LogP contribution in [0.2, 0.25) is 0 Å². The van der Waals surface area contributed by atoms with Gasteiger partial charge in [0.1, 0.15) is 11.5 Å². The van der Waals surface area contributed by atoms with E-state index in [1.54, 1.807) is 49.5 Å². The van der Waals surface area contributed by atoms with Crippen LogP contribution in [0.4, 0.5) is 0 Å². The average molecular weight is 389 g/mol. The molecule has 0 fully saturated rings. The van der Waals surface area contributed by atoms with Gasteiger partial charge in [0.25, 0.3) is 5.91 Å². The molecule has 2 aromatic heterocycles. The van der Waals surface area contributed by atoms with Crippen molar-refractivity contribution in [3.05, 3.63) is 83.1 Å². The van der Waals surface area contributed by atoms with Gasteiger partial charge in [-0.25, -0.2) is 10.2 Å². The molecule has 29 heavy (non-hydrogen) atoms. The zero-order valence-corrected chi connectivity index (χ0v) is 15.8. The molecule has 3 aromatic rings. The van der Waals surface area contributed by atoms with Crippen molar-refractivity contribution >= 4 is 17.6 Å². The summed E-state index contributed by atoms with van der Waals surface area (Å²) in [5, 5.41) is 4.31. The van der Waals surface area contributed by atoms with Crippen molar-refractivity contribution < 1.29 is 18.7 Å². The molecule has 7 nitrogen and oxygen atoms in total. The fourth-order valence-electron chi connectivity index (χ4n) is 3.31. The first kappa shape index (κ1) is 18.6. The molecule has 0 bridgehead atoms. The number of carbonyl (C=O) groups is 2. The minimum atomic E-state index is -0.586. The molecule has 0 radical (unpaired) electrons. The van der Waals surface area contributed by atoms with E-state index in [4.69, 9.17) is 9.15 Å². The zero-order valence-electron chi connectivity index (χ0n) is 15.8. The van der Waals surface area contributed by atoms with E-state index < -0.39 is 5.97 Å². The van der Waals surface area contributed by atoms with Crippen LogP contribution < -0.4 is 10.2 Å². The summed E-state index contributed by atoms with van der Waals surface area (Å²) < 4.78 is 11.1. The topological polar surface area (TPSA) is 93.8 Å². The Balaban J connectivity index is 1.57. The van der Waals surface area contributed by atoms with Crippen molar-refractivity contribution in [2.75, 3.05) is 0 Å². The second-order valence-corrected chi connectivity index (χ2v) is 6.65. The number of ether oxygens (including phenoxy) is 1. The van der Waals surface area contributed by atoms with Gasteiger partial charge in [0.15, 0.2) is 0 Å². The Morgan fingerprint density at radius 1 is 1.14 bits per heavy atom. The molecule has 1 aliphatic carbocycles. The lowest BCUT2D eigenvalue weighted by Gasteiger charge is -2.13. The molecule has 1 aromatic carbocycles. The number of hydrazone groups is 1. The molecule has 0 spiro atoms. The fourth-order valence-corrected chi connectivity index (χ4v) is 3.31. The number of pyridine rings is 1. The number of nitrogens with one attached hydrogen (secondary N) is 1. The lowest BCUT2D eigenvalue weighted by atomic mass is 9.93.